The van der Waals surface area contributed by atoms with Gasteiger partial charge < -0.3 is 9.13 Å². The topological polar surface area (TPSA) is 35.6 Å². The summed E-state index contributed by atoms with van der Waals surface area (Å²) in [5.41, 5.74) is 9.46. The van der Waals surface area contributed by atoms with Crippen LogP contribution in [0, 0.1) is 0 Å². The number of para-hydroxylation sites is 2. The fourth-order valence-electron chi connectivity index (χ4n) is 6.08. The summed E-state index contributed by atoms with van der Waals surface area (Å²) in [5, 5.41) is 13.8. The van der Waals surface area contributed by atoms with Crippen LogP contribution >= 0.6 is 22.7 Å². The van der Waals surface area contributed by atoms with Crippen molar-refractivity contribution in [3.63, 3.8) is 0 Å². The van der Waals surface area contributed by atoms with Crippen LogP contribution in [-0.2, 0) is 13.1 Å². The quantitative estimate of drug-likeness (QED) is 0.211. The Bertz CT molecular complexity index is 1950. The number of hydrogen-bond donors (Lipinski definition) is 0. The lowest BCUT2D eigenvalue weighted by Gasteiger charge is -2.13. The van der Waals surface area contributed by atoms with Gasteiger partial charge in [0, 0.05) is 79.9 Å². The molecule has 0 aliphatic carbocycles. The largest absolute Gasteiger partial charge is 0.339 e. The Kier molecular flexibility index (Phi) is 5.35. The smallest absolute Gasteiger partial charge is 0.0953 e. The van der Waals surface area contributed by atoms with Crippen molar-refractivity contribution in [3.05, 3.63) is 107 Å². The van der Waals surface area contributed by atoms with Gasteiger partial charge in [-0.15, -0.1) is 0 Å². The van der Waals surface area contributed by atoms with E-state index in [1.807, 2.05) is 12.4 Å². The molecule has 0 aliphatic rings. The van der Waals surface area contributed by atoms with Crippen molar-refractivity contribution >= 4 is 66.3 Å². The second-order valence-electron chi connectivity index (χ2n) is 9.83. The molecule has 0 unspecified atom stereocenters. The molecule has 188 valence electrons. The van der Waals surface area contributed by atoms with Gasteiger partial charge in [-0.05, 0) is 53.6 Å². The van der Waals surface area contributed by atoms with E-state index in [1.54, 1.807) is 22.7 Å². The van der Waals surface area contributed by atoms with Crippen molar-refractivity contribution in [2.24, 2.45) is 0 Å². The first-order valence-electron chi connectivity index (χ1n) is 13.2. The van der Waals surface area contributed by atoms with E-state index in [4.69, 9.17) is 9.97 Å². The van der Waals surface area contributed by atoms with Crippen molar-refractivity contribution in [3.8, 4) is 22.5 Å². The Morgan fingerprint density at radius 3 is 1.49 bits per heavy atom. The Balaban J connectivity index is 1.26. The van der Waals surface area contributed by atoms with E-state index < -0.39 is 0 Å². The molecule has 0 atom stereocenters. The van der Waals surface area contributed by atoms with Crippen LogP contribution in [0.25, 0.3) is 66.1 Å². The van der Waals surface area contributed by atoms with Gasteiger partial charge in [0.1, 0.15) is 0 Å². The lowest BCUT2D eigenvalue weighted by Crippen LogP contribution is -2.05. The molecule has 6 aromatic heterocycles. The van der Waals surface area contributed by atoms with E-state index in [1.165, 1.54) is 54.7 Å². The van der Waals surface area contributed by atoms with Crippen molar-refractivity contribution < 1.29 is 0 Å². The zero-order valence-electron chi connectivity index (χ0n) is 21.1. The summed E-state index contributed by atoms with van der Waals surface area (Å²) in [6, 6.07) is 26.2. The summed E-state index contributed by atoms with van der Waals surface area (Å²) in [4.78, 5) is 9.72. The van der Waals surface area contributed by atoms with Gasteiger partial charge >= 0.3 is 0 Å². The first-order valence-corrected chi connectivity index (χ1v) is 15.0. The minimum absolute atomic E-state index is 0.898. The van der Waals surface area contributed by atoms with Crippen molar-refractivity contribution in [1.82, 2.24) is 19.1 Å². The summed E-state index contributed by atoms with van der Waals surface area (Å²) < 4.78 is 4.97. The zero-order valence-corrected chi connectivity index (χ0v) is 22.8. The molecule has 8 rings (SSSR count). The normalized spacial score (nSPS) is 11.9. The number of thiophene rings is 2. The van der Waals surface area contributed by atoms with E-state index in [-0.39, 0.29) is 0 Å². The van der Waals surface area contributed by atoms with Crippen LogP contribution < -0.4 is 0 Å². The molecule has 0 amide bonds. The Labute approximate surface area is 233 Å². The molecule has 0 radical (unpaired) electrons. The molecule has 0 fully saturated rings. The Morgan fingerprint density at radius 2 is 1.03 bits per heavy atom. The molecule has 0 N–H and O–H groups in total. The molecular weight excluding hydrogens is 517 g/mol. The second-order valence-corrected chi connectivity index (χ2v) is 11.4. The number of rotatable bonds is 6. The standard InChI is InChI=1S/C33H24N4S2/c1-3-8-28-24(6-1)26-10-14-34-30(22-12-18-38-20-22)32(26)36(28)16-5-17-37-29-9-4-2-7-25(29)27-11-15-35-31(33(27)37)23-13-19-39-21-23/h1-4,6-15,18-21H,5,16-17H2. The average Bonchev–Trinajstić information content (AvgIpc) is 3.80. The molecule has 6 heterocycles. The maximum atomic E-state index is 4.86. The highest BCUT2D eigenvalue weighted by molar-refractivity contribution is 7.08. The fraction of sp³-hybridized carbons (Fsp3) is 0.0909. The van der Waals surface area contributed by atoms with Gasteiger partial charge in [0.25, 0.3) is 0 Å². The first-order chi connectivity index (χ1) is 19.4. The van der Waals surface area contributed by atoms with Gasteiger partial charge in [-0.2, -0.15) is 22.7 Å². The molecule has 2 aromatic carbocycles. The molecule has 8 aromatic rings. The molecule has 0 bridgehead atoms. The number of aryl methyl sites for hydroxylation is 2. The minimum Gasteiger partial charge on any atom is -0.339 e. The third kappa shape index (κ3) is 3.56. The van der Waals surface area contributed by atoms with E-state index in [9.17, 15) is 0 Å². The molecule has 6 heteroatoms. The maximum Gasteiger partial charge on any atom is 0.0953 e. The van der Waals surface area contributed by atoms with E-state index in [0.717, 1.165) is 30.9 Å². The summed E-state index contributed by atoms with van der Waals surface area (Å²) in [6.45, 7) is 1.80. The number of benzene rings is 2. The third-order valence-electron chi connectivity index (χ3n) is 7.71. The number of aromatic nitrogens is 4. The van der Waals surface area contributed by atoms with E-state index in [2.05, 4.69) is 103 Å². The van der Waals surface area contributed by atoms with Crippen LogP contribution in [0.3, 0.4) is 0 Å². The highest BCUT2D eigenvalue weighted by atomic mass is 32.1. The van der Waals surface area contributed by atoms with Gasteiger partial charge in [0.15, 0.2) is 0 Å². The molecule has 0 aliphatic heterocycles. The van der Waals surface area contributed by atoms with Gasteiger partial charge in [-0.1, -0.05) is 36.4 Å². The zero-order chi connectivity index (χ0) is 25.8. The van der Waals surface area contributed by atoms with Crippen LogP contribution in [0.5, 0.6) is 0 Å². The molecule has 0 spiro atoms. The van der Waals surface area contributed by atoms with Crippen LogP contribution in [0.4, 0.5) is 0 Å². The van der Waals surface area contributed by atoms with E-state index >= 15 is 0 Å². The average molecular weight is 541 g/mol. The summed E-state index contributed by atoms with van der Waals surface area (Å²) >= 11 is 3.43. The predicted octanol–water partition coefficient (Wildman–Crippen LogP) is 9.24. The monoisotopic (exact) mass is 540 g/mol. The lowest BCUT2D eigenvalue weighted by atomic mass is 10.1. The van der Waals surface area contributed by atoms with E-state index in [0.29, 0.717) is 0 Å². The van der Waals surface area contributed by atoms with Gasteiger partial charge in [-0.25, -0.2) is 0 Å². The summed E-state index contributed by atoms with van der Waals surface area (Å²) in [6.07, 6.45) is 4.88. The Morgan fingerprint density at radius 1 is 0.538 bits per heavy atom. The first kappa shape index (κ1) is 22.7. The van der Waals surface area contributed by atoms with Gasteiger partial charge in [0.2, 0.25) is 0 Å². The summed E-state index contributed by atoms with van der Waals surface area (Å²) in [7, 11) is 0. The van der Waals surface area contributed by atoms with Crippen molar-refractivity contribution in [1.29, 1.82) is 0 Å². The van der Waals surface area contributed by atoms with Gasteiger partial charge in [-0.3, -0.25) is 9.97 Å². The molecule has 39 heavy (non-hydrogen) atoms. The predicted molar refractivity (Wildman–Crippen MR) is 166 cm³/mol. The van der Waals surface area contributed by atoms with Crippen LogP contribution in [0.1, 0.15) is 6.42 Å². The second kappa shape index (κ2) is 9.19. The molecule has 4 nitrogen and oxygen atoms in total. The van der Waals surface area contributed by atoms with Crippen LogP contribution in [0.2, 0.25) is 0 Å². The highest BCUT2D eigenvalue weighted by Crippen LogP contribution is 2.37. The molecule has 0 saturated carbocycles. The number of nitrogens with zero attached hydrogens (tertiary/aromatic N) is 4. The van der Waals surface area contributed by atoms with Crippen molar-refractivity contribution in [2.75, 3.05) is 0 Å². The summed E-state index contributed by atoms with van der Waals surface area (Å²) in [5.74, 6) is 0. The highest BCUT2D eigenvalue weighted by Gasteiger charge is 2.18. The SMILES string of the molecule is c1ccc2c(c1)c1ccnc(-c3ccsc3)c1n2CCCn1c2ccccc2c2ccnc(-c3ccsc3)c21. The lowest BCUT2D eigenvalue weighted by molar-refractivity contribution is 0.602. The van der Waals surface area contributed by atoms with Gasteiger partial charge in [0.05, 0.1) is 22.4 Å². The Hall–Kier alpha value is -4.26. The number of hydrogen-bond acceptors (Lipinski definition) is 4. The van der Waals surface area contributed by atoms with Crippen molar-refractivity contribution in [2.45, 2.75) is 19.5 Å². The number of fused-ring (bicyclic) bond motifs is 6. The molecule has 0 saturated heterocycles. The maximum absolute atomic E-state index is 4.86. The fourth-order valence-corrected chi connectivity index (χ4v) is 7.36. The number of pyridine rings is 2. The van der Waals surface area contributed by atoms with Crippen LogP contribution in [0.15, 0.2) is 107 Å². The molecular formula is C33H24N4S2. The van der Waals surface area contributed by atoms with Crippen LogP contribution in [-0.4, -0.2) is 19.1 Å². The minimum atomic E-state index is 0.898. The third-order valence-corrected chi connectivity index (χ3v) is 9.08.